The van der Waals surface area contributed by atoms with Gasteiger partial charge in [-0.25, -0.2) is 29.5 Å². The first kappa shape index (κ1) is 124. The Balaban J connectivity index is -0.000000284. The van der Waals surface area contributed by atoms with Gasteiger partial charge < -0.3 is 8.76 Å². The summed E-state index contributed by atoms with van der Waals surface area (Å²) < 4.78 is 18.1. The molecule has 38 heteroatoms. The molecular weight excluding hydrogens is 1870 g/mol. The second-order valence-corrected chi connectivity index (χ2v) is 42.3. The van der Waals surface area contributed by atoms with E-state index in [4.69, 9.17) is 4.52 Å². The van der Waals surface area contributed by atoms with Crippen molar-refractivity contribution < 1.29 is 9.15 Å². The molecule has 0 aliphatic carbocycles. The molecule has 0 saturated heterocycles. The van der Waals surface area contributed by atoms with Gasteiger partial charge in [0.15, 0.2) is 14.1 Å². The fourth-order valence-corrected chi connectivity index (χ4v) is 15.9. The molecule has 0 N–H and O–H groups in total. The van der Waals surface area contributed by atoms with Crippen LogP contribution < -0.4 is 0 Å². The van der Waals surface area contributed by atoms with E-state index in [2.05, 4.69) is 302 Å². The van der Waals surface area contributed by atoms with Crippen LogP contribution in [0.15, 0.2) is 217 Å². The predicted octanol–water partition coefficient (Wildman–Crippen LogP) is 29.9. The summed E-state index contributed by atoms with van der Waals surface area (Å²) in [6.45, 7) is 27.4. The van der Waals surface area contributed by atoms with Gasteiger partial charge >= 0.3 is 0 Å². The zero-order valence-corrected chi connectivity index (χ0v) is 86.2. The third-order valence-electron chi connectivity index (χ3n) is 11.1. The number of imidazole rings is 3. The minimum absolute atomic E-state index is 0. The molecular formula is C78H122Cl2N14O2S19Si. The fourth-order valence-electron chi connectivity index (χ4n) is 6.66. The Labute approximate surface area is 794 Å². The molecule has 0 aliphatic heterocycles. The van der Waals surface area contributed by atoms with Crippen molar-refractivity contribution in [3.8, 4) is 11.5 Å². The molecule has 0 atom stereocenters. The van der Waals surface area contributed by atoms with E-state index in [9.17, 15) is 0 Å². The van der Waals surface area contributed by atoms with Crippen LogP contribution in [-0.4, -0.2) is 124 Å². The standard InChI is InChI=1S/C9H8N2OS.C9H10S.2C8H7NS2.C7H6N2OS.C6H6N4S.C6H12N2Si.C5H6N2S.C4H10S3.C3H8.C2H6S3.2C2H6S.2C2H6.CH4S.2CH4.Cl2S/c13-6-8-10-9(12-11-8)7-4-2-1-3-5-7;10-8-4-7-9-5-2-1-3-6-9;10-4-6-1-2-8-7(3-6)9-5-11-8;10-5-8-9-6-3-1-2-4-7(6)11-8;11-4-5-1-2-6-7(3-5)9-10-8-6;1-3-9(5-7-1)11-10-4-2-8-6-10;1-9(2,3)8-5-4-7-6-8;8-4-5-2-1-3-6-7-5;1-3-5-7-6-4-2;1-3-2;1-3-5-4-2;2*1-2-3;3*1-2;;;1-3-2/h1-5,13H,6H2;1-7,10H,8H2;1-3,5,10H,4H2;1-4,10H,5H2;1-3,11H,4H2;1-6H;4-6H,1-3H3;1-3,8H,4H2;3-4H2,1-2H3;3H2,1-2H3;1-2H3;2*3H,2H2,1H3;2*1-2H3;2H,1H3;2*1H4;/b;7-4+;;;;;;;;;;;;;;;;;. The minimum Gasteiger partial charge on any atom is -0.365 e. The van der Waals surface area contributed by atoms with E-state index in [1.54, 1.807) is 91.6 Å². The summed E-state index contributed by atoms with van der Waals surface area (Å²) in [5, 5.41) is 19.7. The molecule has 0 aliphatic rings. The summed E-state index contributed by atoms with van der Waals surface area (Å²) in [6, 6.07) is 43.8. The lowest BCUT2D eigenvalue weighted by atomic mass is 10.2. The van der Waals surface area contributed by atoms with Crippen molar-refractivity contribution in [3.05, 3.63) is 241 Å². The summed E-state index contributed by atoms with van der Waals surface area (Å²) in [7, 11) is 20.0. The average Bonchev–Trinajstić information content (AvgIpc) is 1.61. The molecule has 0 unspecified atom stereocenters. The van der Waals surface area contributed by atoms with Crippen LogP contribution in [0.1, 0.15) is 124 Å². The number of thiol groups is 9. The predicted molar refractivity (Wildman–Crippen MR) is 573 cm³/mol. The van der Waals surface area contributed by atoms with Gasteiger partial charge in [-0.15, -0.1) is 22.7 Å². The maximum absolute atomic E-state index is 5.03. The Morgan fingerprint density at radius 2 is 1.05 bits per heavy atom. The first-order chi connectivity index (χ1) is 55.5. The third kappa shape index (κ3) is 67.1. The van der Waals surface area contributed by atoms with Gasteiger partial charge in [-0.3, -0.25) is 7.94 Å². The van der Waals surface area contributed by atoms with Crippen LogP contribution in [0.4, 0.5) is 0 Å². The molecule has 8 aromatic heterocycles. The molecule has 0 radical (unpaired) electrons. The second kappa shape index (κ2) is 91.8. The molecule has 13 aromatic rings. The van der Waals surface area contributed by atoms with E-state index < -0.39 is 8.24 Å². The summed E-state index contributed by atoms with van der Waals surface area (Å²) >= 11 is 40.6. The van der Waals surface area contributed by atoms with Crippen molar-refractivity contribution in [1.82, 2.24) is 67.7 Å². The molecule has 0 amide bonds. The van der Waals surface area contributed by atoms with E-state index in [0.29, 0.717) is 39.2 Å². The van der Waals surface area contributed by atoms with Crippen molar-refractivity contribution >= 4 is 289 Å². The highest BCUT2D eigenvalue weighted by Crippen LogP contribution is 2.33. The van der Waals surface area contributed by atoms with Gasteiger partial charge in [0.2, 0.25) is 0 Å². The Kier molecular flexibility index (Phi) is 98.5. The number of para-hydroxylation sites is 1. The minimum atomic E-state index is -1.13. The van der Waals surface area contributed by atoms with Crippen LogP contribution in [0.2, 0.25) is 19.6 Å². The van der Waals surface area contributed by atoms with Crippen molar-refractivity contribution in [2.45, 2.75) is 139 Å². The first-order valence-electron chi connectivity index (χ1n) is 35.2. The molecule has 5 aromatic carbocycles. The number of halogens is 2. The fraction of sp³-hybridized carbons (Fsp3) is 0.372. The summed E-state index contributed by atoms with van der Waals surface area (Å²) in [4.78, 5) is 24.5. The van der Waals surface area contributed by atoms with Crippen LogP contribution in [-0.2, 0) is 28.8 Å². The maximum atomic E-state index is 5.03. The number of rotatable bonds is 17. The van der Waals surface area contributed by atoms with Crippen LogP contribution in [0.25, 0.3) is 49.0 Å². The molecule has 116 heavy (non-hydrogen) atoms. The molecule has 0 spiro atoms. The van der Waals surface area contributed by atoms with E-state index in [-0.39, 0.29) is 14.9 Å². The number of hydrogen-bond acceptors (Lipinski definition) is 32. The highest BCUT2D eigenvalue weighted by molar-refractivity contribution is 9.09. The Morgan fingerprint density at radius 3 is 1.47 bits per heavy atom. The van der Waals surface area contributed by atoms with Crippen molar-refractivity contribution in [2.75, 3.05) is 47.5 Å². The number of fused-ring (bicyclic) bond motifs is 3. The zero-order chi connectivity index (χ0) is 86.1. The van der Waals surface area contributed by atoms with Gasteiger partial charge in [-0.05, 0) is 159 Å². The molecule has 648 valence electrons. The van der Waals surface area contributed by atoms with Crippen LogP contribution in [0, 0.1) is 0 Å². The SMILES string of the molecule is C.C.CC.CC.CCC.CCS.CCS.CCSSSCC.CS.CSSSC.C[Si](C)(C)n1ccnc1.ClSCl.SC/C=C/c1ccccc1.SCc1ccc2nonc2c1.SCc1ccc2scnc2c1.SCc1cccnn1.SCc1nc2ccccc2s1.SCc1noc(-c2ccccc2)n1.c1cn(Sn2ccnc2)cn1. The quantitative estimate of drug-likeness (QED) is 0.0181. The summed E-state index contributed by atoms with van der Waals surface area (Å²) in [6.07, 6.45) is 29.3. The van der Waals surface area contributed by atoms with Crippen LogP contribution in [0.3, 0.4) is 0 Å². The molecule has 0 fully saturated rings. The first-order valence-corrected chi connectivity index (χ1v) is 57.7. The molecule has 0 bridgehead atoms. The van der Waals surface area contributed by atoms with E-state index in [1.807, 2.05) is 221 Å². The number of thiazole rings is 2. The van der Waals surface area contributed by atoms with Gasteiger partial charge in [0, 0.05) is 89.2 Å². The number of aromatic nitrogens is 14. The van der Waals surface area contributed by atoms with Crippen molar-refractivity contribution in [1.29, 1.82) is 0 Å². The lowest BCUT2D eigenvalue weighted by Gasteiger charge is -2.16. The molecule has 13 rings (SSSR count). The Hall–Kier alpha value is -2.38. The molecule has 16 nitrogen and oxygen atoms in total. The topological polar surface area (TPSA) is 183 Å². The number of nitrogens with zero attached hydrogens (tertiary/aromatic N) is 14. The average molecular weight is 2000 g/mol. The van der Waals surface area contributed by atoms with Gasteiger partial charge in [0.1, 0.15) is 28.7 Å². The van der Waals surface area contributed by atoms with Crippen molar-refractivity contribution in [3.63, 3.8) is 0 Å². The van der Waals surface area contributed by atoms with Crippen LogP contribution in [0.5, 0.6) is 0 Å². The lowest BCUT2D eigenvalue weighted by molar-refractivity contribution is 0.315. The second-order valence-electron chi connectivity index (χ2n) is 20.4. The van der Waals surface area contributed by atoms with E-state index >= 15 is 0 Å². The largest absolute Gasteiger partial charge is 0.365 e. The smallest absolute Gasteiger partial charge is 0.257 e. The highest BCUT2D eigenvalue weighted by atomic mass is 36.0. The highest BCUT2D eigenvalue weighted by Gasteiger charge is 2.14. The Morgan fingerprint density at radius 1 is 0.534 bits per heavy atom. The van der Waals surface area contributed by atoms with Gasteiger partial charge in [-0.2, -0.15) is 129 Å². The zero-order valence-electron chi connectivity index (χ0n) is 67.4. The van der Waals surface area contributed by atoms with Gasteiger partial charge in [0.05, 0.1) is 66.0 Å². The third-order valence-corrected chi connectivity index (χ3v) is 25.5. The lowest BCUT2D eigenvalue weighted by Crippen LogP contribution is -2.30. The normalized spacial score (nSPS) is 9.30. The number of hydrogen-bond donors (Lipinski definition) is 9. The maximum Gasteiger partial charge on any atom is 0.257 e. The van der Waals surface area contributed by atoms with E-state index in [0.717, 1.165) is 72.7 Å². The summed E-state index contributed by atoms with van der Waals surface area (Å²) in [5.41, 5.74) is 11.0. The van der Waals surface area contributed by atoms with Crippen molar-refractivity contribution in [2.24, 2.45) is 0 Å². The van der Waals surface area contributed by atoms with Crippen LogP contribution >= 0.6 is 243 Å². The number of benzene rings is 5. The van der Waals surface area contributed by atoms with Gasteiger partial charge in [0.25, 0.3) is 5.89 Å². The monoisotopic (exact) mass is 1990 g/mol. The molecule has 8 heterocycles. The Bertz CT molecular complexity index is 3930. The summed E-state index contributed by atoms with van der Waals surface area (Å²) in [5.74, 6) is 9.68. The molecule has 0 saturated carbocycles. The van der Waals surface area contributed by atoms with Gasteiger partial charge in [-0.1, -0.05) is 243 Å². The van der Waals surface area contributed by atoms with E-state index in [1.165, 1.54) is 50.6 Å².